The Labute approximate surface area is 384 Å². The second-order valence-electron chi connectivity index (χ2n) is 22.8. The van der Waals surface area contributed by atoms with E-state index in [0.29, 0.717) is 24.7 Å². The van der Waals surface area contributed by atoms with Gasteiger partial charge in [-0.15, -0.1) is 0 Å². The van der Waals surface area contributed by atoms with E-state index in [9.17, 15) is 56.2 Å². The summed E-state index contributed by atoms with van der Waals surface area (Å²) in [6, 6.07) is 0. The van der Waals surface area contributed by atoms with Crippen LogP contribution in [0.2, 0.25) is 0 Å². The normalized spacial score (nSPS) is 51.9. The highest BCUT2D eigenvalue weighted by molar-refractivity contribution is 5.19. The van der Waals surface area contributed by atoms with E-state index < -0.39 is 129 Å². The molecular formula is C48H82O17. The maximum atomic E-state index is 11.4. The van der Waals surface area contributed by atoms with E-state index in [4.69, 9.17) is 28.4 Å². The van der Waals surface area contributed by atoms with Crippen molar-refractivity contribution in [3.8, 4) is 0 Å². The molecule has 24 atom stereocenters. The Balaban J connectivity index is 1.11. The summed E-state index contributed by atoms with van der Waals surface area (Å²) in [6.45, 7) is 16.3. The van der Waals surface area contributed by atoms with Gasteiger partial charge in [-0.3, -0.25) is 0 Å². The zero-order valence-corrected chi connectivity index (χ0v) is 39.7. The second-order valence-corrected chi connectivity index (χ2v) is 22.8. The molecule has 3 heterocycles. The zero-order chi connectivity index (χ0) is 47.8. The van der Waals surface area contributed by atoms with Crippen LogP contribution in [0.15, 0.2) is 11.6 Å². The lowest BCUT2D eigenvalue weighted by atomic mass is 9.35. The molecule has 0 unspecified atom stereocenters. The van der Waals surface area contributed by atoms with E-state index in [0.717, 1.165) is 51.4 Å². The summed E-state index contributed by atoms with van der Waals surface area (Å²) in [5.74, 6) is 0.995. The Hall–Kier alpha value is -0.940. The lowest BCUT2D eigenvalue weighted by molar-refractivity contribution is -0.378. The molecule has 11 N–H and O–H groups in total. The largest absolute Gasteiger partial charge is 0.394 e. The molecule has 7 aliphatic rings. The van der Waals surface area contributed by atoms with Gasteiger partial charge >= 0.3 is 0 Å². The van der Waals surface area contributed by atoms with Gasteiger partial charge in [0.2, 0.25) is 0 Å². The molecule has 7 fully saturated rings. The molecule has 7 rings (SSSR count). The van der Waals surface area contributed by atoms with Crippen LogP contribution >= 0.6 is 0 Å². The molecular weight excluding hydrogens is 849 g/mol. The van der Waals surface area contributed by atoms with Crippen LogP contribution in [0, 0.1) is 45.3 Å². The van der Waals surface area contributed by atoms with Gasteiger partial charge in [0, 0.05) is 0 Å². The van der Waals surface area contributed by atoms with Crippen LogP contribution in [0.3, 0.4) is 0 Å². The topological polar surface area (TPSA) is 278 Å². The van der Waals surface area contributed by atoms with E-state index in [-0.39, 0.29) is 28.1 Å². The molecule has 17 heteroatoms. The SMILES string of the molecule is CC(C)=CCC[C@](C)(O[C@H]1O[C@@H](CO)[C@H](O)[C@@H](O)[C@@H]1O)[C@@H]1CC[C@]2(C)[C@@H]1CC[C@@H]1[C@]3(C)CC[C@H](O[C@@H]4O[C@H](CO)[C@@H](O)[C@H](O)[C@@H]4O[C@@H]4O[C@H](CO)[C@H](O)[C@H](O)[C@@H]4O)C(C)(C)[C@@H]3CC[C@@]12C. The van der Waals surface area contributed by atoms with E-state index >= 15 is 0 Å². The Morgan fingerprint density at radius 2 is 1.12 bits per heavy atom. The molecule has 65 heavy (non-hydrogen) atoms. The molecule has 4 saturated carbocycles. The summed E-state index contributed by atoms with van der Waals surface area (Å²) in [5.41, 5.74) is -0.159. The zero-order valence-electron chi connectivity index (χ0n) is 39.7. The van der Waals surface area contributed by atoms with Crippen LogP contribution in [0.5, 0.6) is 0 Å². The number of fused-ring (bicyclic) bond motifs is 5. The minimum absolute atomic E-state index is 0.0327. The molecule has 3 saturated heterocycles. The molecule has 0 aromatic heterocycles. The average molecular weight is 931 g/mol. The van der Waals surface area contributed by atoms with Crippen molar-refractivity contribution in [2.45, 2.75) is 223 Å². The third-order valence-electron chi connectivity index (χ3n) is 18.8. The van der Waals surface area contributed by atoms with Gasteiger partial charge < -0.3 is 84.6 Å². The first-order valence-electron chi connectivity index (χ1n) is 24.3. The average Bonchev–Trinajstić information content (AvgIpc) is 3.63. The predicted molar refractivity (Wildman–Crippen MR) is 232 cm³/mol. The fraction of sp³-hybridized carbons (Fsp3) is 0.958. The Kier molecular flexibility index (Phi) is 15.4. The lowest BCUT2D eigenvalue weighted by Crippen LogP contribution is -2.67. The third-order valence-corrected chi connectivity index (χ3v) is 18.8. The van der Waals surface area contributed by atoms with Gasteiger partial charge in [0.25, 0.3) is 0 Å². The third kappa shape index (κ3) is 8.84. The van der Waals surface area contributed by atoms with Gasteiger partial charge in [0.1, 0.15) is 73.2 Å². The van der Waals surface area contributed by atoms with Crippen molar-refractivity contribution in [1.82, 2.24) is 0 Å². The smallest absolute Gasteiger partial charge is 0.187 e. The van der Waals surface area contributed by atoms with Crippen LogP contribution in [-0.2, 0) is 28.4 Å². The number of aliphatic hydroxyl groups is 11. The minimum atomic E-state index is -1.77. The summed E-state index contributed by atoms with van der Waals surface area (Å²) < 4.78 is 37.4. The standard InChI is InChI=1S/C48H82O17/c1-23(2)10-9-16-48(8,65-42-39(59)36(56)33(53)27(21-50)61-42)25-13-18-46(6)24(25)11-12-30-45(5)17-15-31(44(3,4)29(45)14-19-47(30,46)7)63-43-40(37(57)34(54)28(22-51)62-43)64-41-38(58)35(55)32(52)26(20-49)60-41/h10,24-43,49-59H,9,11-22H2,1-8H3/t24-,25-,26-,27+,28-,29+,30-,31+,32+,33+,34-,35+,36-,37+,38+,39+,40+,41+,42-,43+,45-,46-,47+,48+/m1/s1. The monoisotopic (exact) mass is 931 g/mol. The number of rotatable bonds is 13. The molecule has 0 aromatic rings. The van der Waals surface area contributed by atoms with Crippen molar-refractivity contribution in [1.29, 1.82) is 0 Å². The lowest BCUT2D eigenvalue weighted by Gasteiger charge is -2.70. The van der Waals surface area contributed by atoms with Crippen LogP contribution in [-0.4, -0.2) is 180 Å². The number of ether oxygens (including phenoxy) is 6. The summed E-state index contributed by atoms with van der Waals surface area (Å²) in [5, 5.41) is 116. The van der Waals surface area contributed by atoms with E-state index in [1.165, 1.54) is 5.57 Å². The van der Waals surface area contributed by atoms with E-state index in [2.05, 4.69) is 61.5 Å². The molecule has 4 aliphatic carbocycles. The highest BCUT2D eigenvalue weighted by atomic mass is 16.8. The molecule has 0 amide bonds. The minimum Gasteiger partial charge on any atom is -0.394 e. The fourth-order valence-electron chi connectivity index (χ4n) is 14.9. The number of aliphatic hydroxyl groups excluding tert-OH is 11. The first-order valence-corrected chi connectivity index (χ1v) is 24.3. The second kappa shape index (κ2) is 19.3. The van der Waals surface area contributed by atoms with Crippen LogP contribution in [0.25, 0.3) is 0 Å². The maximum absolute atomic E-state index is 11.4. The van der Waals surface area contributed by atoms with Crippen molar-refractivity contribution in [2.24, 2.45) is 45.3 Å². The Bertz CT molecular complexity index is 1640. The fourth-order valence-corrected chi connectivity index (χ4v) is 14.9. The Morgan fingerprint density at radius 1 is 0.585 bits per heavy atom. The van der Waals surface area contributed by atoms with Crippen molar-refractivity contribution in [3.05, 3.63) is 11.6 Å². The van der Waals surface area contributed by atoms with Crippen molar-refractivity contribution in [3.63, 3.8) is 0 Å². The number of hydrogen-bond donors (Lipinski definition) is 11. The van der Waals surface area contributed by atoms with Gasteiger partial charge in [0.15, 0.2) is 18.9 Å². The van der Waals surface area contributed by atoms with Gasteiger partial charge in [-0.2, -0.15) is 0 Å². The van der Waals surface area contributed by atoms with Crippen LogP contribution < -0.4 is 0 Å². The first-order chi connectivity index (χ1) is 30.4. The van der Waals surface area contributed by atoms with Crippen molar-refractivity contribution < 1.29 is 84.6 Å². The molecule has 376 valence electrons. The molecule has 0 radical (unpaired) electrons. The molecule has 0 bridgehead atoms. The van der Waals surface area contributed by atoms with Crippen LogP contribution in [0.1, 0.15) is 120 Å². The highest BCUT2D eigenvalue weighted by Gasteiger charge is 2.70. The van der Waals surface area contributed by atoms with Crippen molar-refractivity contribution in [2.75, 3.05) is 19.8 Å². The quantitative estimate of drug-likeness (QED) is 0.0908. The summed E-state index contributed by atoms with van der Waals surface area (Å²) in [6.07, 6.45) is -11.6. The van der Waals surface area contributed by atoms with Gasteiger partial charge in [-0.25, -0.2) is 0 Å². The van der Waals surface area contributed by atoms with Crippen molar-refractivity contribution >= 4 is 0 Å². The first kappa shape index (κ1) is 51.9. The molecule has 0 aromatic carbocycles. The van der Waals surface area contributed by atoms with E-state index in [1.807, 2.05) is 0 Å². The van der Waals surface area contributed by atoms with Gasteiger partial charge in [-0.1, -0.05) is 46.3 Å². The summed E-state index contributed by atoms with van der Waals surface area (Å²) in [7, 11) is 0. The predicted octanol–water partition coefficient (Wildman–Crippen LogP) is 1.00. The maximum Gasteiger partial charge on any atom is 0.187 e. The number of allylic oxidation sites excluding steroid dienone is 2. The van der Waals surface area contributed by atoms with E-state index in [1.54, 1.807) is 0 Å². The molecule has 17 nitrogen and oxygen atoms in total. The highest BCUT2D eigenvalue weighted by Crippen LogP contribution is 2.76. The van der Waals surface area contributed by atoms with Gasteiger partial charge in [-0.05, 0) is 130 Å². The van der Waals surface area contributed by atoms with Crippen LogP contribution in [0.4, 0.5) is 0 Å². The molecule has 0 spiro atoms. The summed E-state index contributed by atoms with van der Waals surface area (Å²) in [4.78, 5) is 0. The Morgan fingerprint density at radius 3 is 1.71 bits per heavy atom. The summed E-state index contributed by atoms with van der Waals surface area (Å²) >= 11 is 0. The molecule has 3 aliphatic heterocycles. The number of hydrogen-bond acceptors (Lipinski definition) is 17. The van der Waals surface area contributed by atoms with Gasteiger partial charge in [0.05, 0.1) is 31.5 Å².